The molecule has 2 amide bonds. The number of hydrogen-bond acceptors (Lipinski definition) is 5. The van der Waals surface area contributed by atoms with Gasteiger partial charge in [0.25, 0.3) is 17.5 Å². The molecule has 0 radical (unpaired) electrons. The van der Waals surface area contributed by atoms with E-state index in [4.69, 9.17) is 4.74 Å². The summed E-state index contributed by atoms with van der Waals surface area (Å²) in [6, 6.07) is 19.5. The van der Waals surface area contributed by atoms with Crippen molar-refractivity contribution >= 4 is 28.9 Å². The molecule has 0 aromatic heterocycles. The van der Waals surface area contributed by atoms with Crippen LogP contribution in [0.3, 0.4) is 0 Å². The van der Waals surface area contributed by atoms with Gasteiger partial charge in [0.2, 0.25) is 0 Å². The molecule has 0 fully saturated rings. The second-order valence-electron chi connectivity index (χ2n) is 6.46. The first-order valence-corrected chi connectivity index (χ1v) is 9.06. The second-order valence-corrected chi connectivity index (χ2v) is 6.46. The fourth-order valence-electron chi connectivity index (χ4n) is 2.68. The molecule has 0 aliphatic heterocycles. The topological polar surface area (TPSA) is 111 Å². The summed E-state index contributed by atoms with van der Waals surface area (Å²) in [6.45, 7) is 1.64. The quantitative estimate of drug-likeness (QED) is 0.453. The minimum Gasteiger partial charge on any atom is -0.484 e. The van der Waals surface area contributed by atoms with Gasteiger partial charge in [-0.1, -0.05) is 30.3 Å². The van der Waals surface area contributed by atoms with E-state index in [9.17, 15) is 19.7 Å². The molecule has 152 valence electrons. The lowest BCUT2D eigenvalue weighted by atomic mass is 10.1. The number of ether oxygens (including phenoxy) is 1. The number of carbonyl (C=O) groups excluding carboxylic acids is 2. The monoisotopic (exact) mass is 405 g/mol. The van der Waals surface area contributed by atoms with E-state index in [2.05, 4.69) is 10.6 Å². The summed E-state index contributed by atoms with van der Waals surface area (Å²) in [5, 5.41) is 16.3. The van der Waals surface area contributed by atoms with Crippen LogP contribution in [0.1, 0.15) is 15.9 Å². The Morgan fingerprint density at radius 2 is 1.70 bits per heavy atom. The van der Waals surface area contributed by atoms with E-state index in [1.165, 1.54) is 24.3 Å². The number of nitrogens with one attached hydrogen (secondary N) is 2. The minimum absolute atomic E-state index is 0.135. The maximum Gasteiger partial charge on any atom is 0.270 e. The molecule has 3 aromatic rings. The normalized spacial score (nSPS) is 10.2. The third-order valence-corrected chi connectivity index (χ3v) is 4.13. The molecular formula is C22H19N3O5. The minimum atomic E-state index is -0.568. The van der Waals surface area contributed by atoms with Crippen molar-refractivity contribution in [2.45, 2.75) is 6.92 Å². The lowest BCUT2D eigenvalue weighted by molar-refractivity contribution is -0.384. The van der Waals surface area contributed by atoms with E-state index in [0.29, 0.717) is 17.1 Å². The zero-order chi connectivity index (χ0) is 21.5. The van der Waals surface area contributed by atoms with Crippen LogP contribution in [0, 0.1) is 17.0 Å². The molecule has 0 atom stereocenters. The zero-order valence-electron chi connectivity index (χ0n) is 16.1. The van der Waals surface area contributed by atoms with E-state index in [1.54, 1.807) is 42.5 Å². The van der Waals surface area contributed by atoms with Gasteiger partial charge >= 0.3 is 0 Å². The molecule has 0 saturated heterocycles. The molecule has 3 aromatic carbocycles. The number of nitrogens with zero attached hydrogens (tertiary/aromatic N) is 1. The van der Waals surface area contributed by atoms with Crippen LogP contribution in [0.5, 0.6) is 5.75 Å². The van der Waals surface area contributed by atoms with Gasteiger partial charge in [0.1, 0.15) is 5.75 Å². The van der Waals surface area contributed by atoms with Gasteiger partial charge < -0.3 is 15.4 Å². The van der Waals surface area contributed by atoms with Gasteiger partial charge in [-0.15, -0.1) is 0 Å². The number of anilines is 2. The Bertz CT molecular complexity index is 1080. The van der Waals surface area contributed by atoms with E-state index in [1.807, 2.05) is 13.0 Å². The van der Waals surface area contributed by atoms with Gasteiger partial charge in [-0.05, 0) is 42.8 Å². The van der Waals surface area contributed by atoms with Crippen LogP contribution in [-0.4, -0.2) is 23.3 Å². The van der Waals surface area contributed by atoms with Crippen LogP contribution in [-0.2, 0) is 4.79 Å². The molecule has 0 aliphatic rings. The van der Waals surface area contributed by atoms with Crippen molar-refractivity contribution in [2.24, 2.45) is 0 Å². The molecular weight excluding hydrogens is 386 g/mol. The van der Waals surface area contributed by atoms with E-state index >= 15 is 0 Å². The number of hydrogen-bond donors (Lipinski definition) is 2. The molecule has 8 heteroatoms. The Morgan fingerprint density at radius 3 is 2.43 bits per heavy atom. The molecule has 0 aliphatic carbocycles. The summed E-state index contributed by atoms with van der Waals surface area (Å²) in [4.78, 5) is 35.2. The Morgan fingerprint density at radius 1 is 0.933 bits per heavy atom. The molecule has 0 spiro atoms. The van der Waals surface area contributed by atoms with Crippen LogP contribution in [0.25, 0.3) is 0 Å². The van der Waals surface area contributed by atoms with Crippen molar-refractivity contribution < 1.29 is 19.2 Å². The highest BCUT2D eigenvalue weighted by molar-refractivity contribution is 6.07. The number of amides is 2. The highest BCUT2D eigenvalue weighted by Crippen LogP contribution is 2.24. The van der Waals surface area contributed by atoms with Gasteiger partial charge in [-0.25, -0.2) is 0 Å². The van der Waals surface area contributed by atoms with Crippen molar-refractivity contribution in [3.63, 3.8) is 0 Å². The average molecular weight is 405 g/mol. The number of aryl methyl sites for hydroxylation is 1. The number of carbonyl (C=O) groups is 2. The summed E-state index contributed by atoms with van der Waals surface area (Å²) >= 11 is 0. The first kappa shape index (κ1) is 20.5. The Hall–Kier alpha value is -4.20. The van der Waals surface area contributed by atoms with Crippen LogP contribution in [0.2, 0.25) is 0 Å². The summed E-state index contributed by atoms with van der Waals surface area (Å²) < 4.78 is 5.43. The fraction of sp³-hybridized carbons (Fsp3) is 0.0909. The van der Waals surface area contributed by atoms with Crippen LogP contribution < -0.4 is 15.4 Å². The maximum atomic E-state index is 12.6. The first-order valence-electron chi connectivity index (χ1n) is 9.06. The summed E-state index contributed by atoms with van der Waals surface area (Å²) in [7, 11) is 0. The van der Waals surface area contributed by atoms with Crippen molar-refractivity contribution in [3.05, 3.63) is 94.0 Å². The molecule has 3 rings (SSSR count). The predicted octanol–water partition coefficient (Wildman–Crippen LogP) is 4.17. The molecule has 2 N–H and O–H groups in total. The van der Waals surface area contributed by atoms with Gasteiger partial charge in [0.15, 0.2) is 6.61 Å². The molecule has 0 saturated carbocycles. The Balaban J connectivity index is 1.71. The number of non-ortho nitro benzene ring substituents is 1. The van der Waals surface area contributed by atoms with E-state index < -0.39 is 16.7 Å². The van der Waals surface area contributed by atoms with Gasteiger partial charge in [0, 0.05) is 17.7 Å². The van der Waals surface area contributed by atoms with Gasteiger partial charge in [0.05, 0.1) is 16.3 Å². The second kappa shape index (κ2) is 9.33. The zero-order valence-corrected chi connectivity index (χ0v) is 16.1. The van der Waals surface area contributed by atoms with Crippen LogP contribution >= 0.6 is 0 Å². The summed E-state index contributed by atoms with van der Waals surface area (Å²) in [6.07, 6.45) is 0. The van der Waals surface area contributed by atoms with Crippen molar-refractivity contribution in [3.8, 4) is 5.75 Å². The maximum absolute atomic E-state index is 12.6. The molecule has 0 unspecified atom stereocenters. The summed E-state index contributed by atoms with van der Waals surface area (Å²) in [5.41, 5.74) is 1.58. The highest BCUT2D eigenvalue weighted by atomic mass is 16.6. The Labute approximate surface area is 172 Å². The molecule has 0 bridgehead atoms. The van der Waals surface area contributed by atoms with Crippen molar-refractivity contribution in [2.75, 3.05) is 17.2 Å². The first-order chi connectivity index (χ1) is 14.4. The predicted molar refractivity (Wildman–Crippen MR) is 113 cm³/mol. The SMILES string of the molecule is Cc1ccc(NC(=O)COc2ccccc2)c(NC(=O)c2cccc([N+](=O)[O-])c2)c1. The number of nitro groups is 1. The fourth-order valence-corrected chi connectivity index (χ4v) is 2.68. The number of rotatable bonds is 7. The highest BCUT2D eigenvalue weighted by Gasteiger charge is 2.15. The number of para-hydroxylation sites is 1. The van der Waals surface area contributed by atoms with E-state index in [0.717, 1.165) is 5.56 Å². The largest absolute Gasteiger partial charge is 0.484 e. The van der Waals surface area contributed by atoms with Crippen molar-refractivity contribution in [1.29, 1.82) is 0 Å². The lowest BCUT2D eigenvalue weighted by Gasteiger charge is -2.14. The Kier molecular flexibility index (Phi) is 6.39. The van der Waals surface area contributed by atoms with Crippen molar-refractivity contribution in [1.82, 2.24) is 0 Å². The molecule has 8 nitrogen and oxygen atoms in total. The molecule has 30 heavy (non-hydrogen) atoms. The third kappa shape index (κ3) is 5.41. The number of benzene rings is 3. The standard InChI is InChI=1S/C22H19N3O5/c1-15-10-11-19(23-21(26)14-30-18-8-3-2-4-9-18)20(12-15)24-22(27)16-6-5-7-17(13-16)25(28)29/h2-13H,14H2,1H3,(H,23,26)(H,24,27). The summed E-state index contributed by atoms with van der Waals surface area (Å²) in [5.74, 6) is -0.357. The molecule has 0 heterocycles. The smallest absolute Gasteiger partial charge is 0.270 e. The van der Waals surface area contributed by atoms with Gasteiger partial charge in [-0.3, -0.25) is 19.7 Å². The van der Waals surface area contributed by atoms with Gasteiger partial charge in [-0.2, -0.15) is 0 Å². The third-order valence-electron chi connectivity index (χ3n) is 4.13. The number of nitro benzene ring substituents is 1. The van der Waals surface area contributed by atoms with Crippen LogP contribution in [0.4, 0.5) is 17.1 Å². The van der Waals surface area contributed by atoms with Crippen LogP contribution in [0.15, 0.2) is 72.8 Å². The average Bonchev–Trinajstić information content (AvgIpc) is 2.75. The van der Waals surface area contributed by atoms with E-state index in [-0.39, 0.29) is 17.9 Å². The lowest BCUT2D eigenvalue weighted by Crippen LogP contribution is -2.22.